The fraction of sp³-hybridized carbons (Fsp3) is 0.647. The van der Waals surface area contributed by atoms with E-state index < -0.39 is 0 Å². The summed E-state index contributed by atoms with van der Waals surface area (Å²) in [6.07, 6.45) is 9.79. The molecule has 2 aliphatic rings. The van der Waals surface area contributed by atoms with Gasteiger partial charge in [-0.15, -0.1) is 0 Å². The summed E-state index contributed by atoms with van der Waals surface area (Å²) in [5.41, 5.74) is 0. The maximum absolute atomic E-state index is 5.97. The Morgan fingerprint density at radius 1 is 0.895 bits per heavy atom. The highest BCUT2D eigenvalue weighted by atomic mass is 32.2. The molecule has 0 spiro atoms. The number of ether oxygens (including phenoxy) is 1. The van der Waals surface area contributed by atoms with Crippen LogP contribution in [0.3, 0.4) is 0 Å². The Morgan fingerprint density at radius 2 is 1.58 bits per heavy atom. The number of rotatable bonds is 4. The van der Waals surface area contributed by atoms with Crippen molar-refractivity contribution in [2.24, 2.45) is 5.92 Å². The van der Waals surface area contributed by atoms with E-state index >= 15 is 0 Å². The molecule has 0 bridgehead atoms. The van der Waals surface area contributed by atoms with Crippen LogP contribution < -0.4 is 4.74 Å². The van der Waals surface area contributed by atoms with Gasteiger partial charge in [0.25, 0.3) is 0 Å². The van der Waals surface area contributed by atoms with Gasteiger partial charge >= 0.3 is 0 Å². The first-order valence-electron chi connectivity index (χ1n) is 7.82. The monoisotopic (exact) mass is 277 g/mol. The van der Waals surface area contributed by atoms with Gasteiger partial charge in [-0.3, -0.25) is 0 Å². The summed E-state index contributed by atoms with van der Waals surface area (Å²) < 4.78 is 5.97. The van der Waals surface area contributed by atoms with Crippen LogP contribution in [0.2, 0.25) is 0 Å². The molecule has 1 aromatic rings. The Morgan fingerprint density at radius 3 is 2.26 bits per heavy atom. The lowest BCUT2D eigenvalue weighted by Gasteiger charge is -2.21. The predicted molar refractivity (Wildman–Crippen MR) is 83.1 cm³/mol. The standard InChI is InChI=1S/C17H25OS/c1-2-6-15(7-3-1)14-18-16-8-10-17(11-9-16)19-12-4-5-13-19/h8-11,15H,1-7,12-14H2/q+1. The van der Waals surface area contributed by atoms with Crippen LogP contribution in [0, 0.1) is 5.92 Å². The predicted octanol–water partition coefficient (Wildman–Crippen LogP) is 4.42. The molecule has 1 nitrogen and oxygen atoms in total. The van der Waals surface area contributed by atoms with Crippen LogP contribution in [0.5, 0.6) is 5.75 Å². The Labute approximate surface area is 120 Å². The van der Waals surface area contributed by atoms with Crippen molar-refractivity contribution in [2.45, 2.75) is 49.8 Å². The smallest absolute Gasteiger partial charge is 0.155 e. The quantitative estimate of drug-likeness (QED) is 0.740. The third kappa shape index (κ3) is 3.68. The lowest BCUT2D eigenvalue weighted by atomic mass is 9.90. The molecule has 0 atom stereocenters. The molecule has 0 radical (unpaired) electrons. The van der Waals surface area contributed by atoms with Gasteiger partial charge in [-0.25, -0.2) is 0 Å². The van der Waals surface area contributed by atoms with Gasteiger partial charge in [0.15, 0.2) is 4.90 Å². The van der Waals surface area contributed by atoms with Gasteiger partial charge < -0.3 is 4.74 Å². The molecule has 1 saturated carbocycles. The first kappa shape index (κ1) is 13.4. The first-order chi connectivity index (χ1) is 9.42. The molecule has 19 heavy (non-hydrogen) atoms. The van der Waals surface area contributed by atoms with E-state index in [9.17, 15) is 0 Å². The van der Waals surface area contributed by atoms with Gasteiger partial charge in [0.2, 0.25) is 0 Å². The van der Waals surface area contributed by atoms with Crippen molar-refractivity contribution in [3.63, 3.8) is 0 Å². The number of hydrogen-bond donors (Lipinski definition) is 0. The second kappa shape index (κ2) is 6.69. The van der Waals surface area contributed by atoms with Crippen LogP contribution in [-0.4, -0.2) is 18.1 Å². The molecule has 3 rings (SSSR count). The molecule has 0 unspecified atom stereocenters. The molecule has 2 fully saturated rings. The molecule has 1 saturated heterocycles. The van der Waals surface area contributed by atoms with E-state index in [2.05, 4.69) is 24.3 Å². The summed E-state index contributed by atoms with van der Waals surface area (Å²) in [5.74, 6) is 4.67. The van der Waals surface area contributed by atoms with Crippen molar-refractivity contribution in [1.29, 1.82) is 0 Å². The average molecular weight is 277 g/mol. The van der Waals surface area contributed by atoms with Crippen LogP contribution in [0.4, 0.5) is 0 Å². The van der Waals surface area contributed by atoms with Crippen LogP contribution in [0.15, 0.2) is 29.2 Å². The third-order valence-electron chi connectivity index (χ3n) is 4.40. The van der Waals surface area contributed by atoms with Crippen molar-refractivity contribution < 1.29 is 4.74 Å². The molecular weight excluding hydrogens is 252 g/mol. The lowest BCUT2D eigenvalue weighted by Crippen LogP contribution is -2.15. The largest absolute Gasteiger partial charge is 0.493 e. The topological polar surface area (TPSA) is 9.23 Å². The molecule has 0 N–H and O–H groups in total. The molecule has 0 aromatic heterocycles. The maximum atomic E-state index is 5.97. The van der Waals surface area contributed by atoms with E-state index in [-0.39, 0.29) is 0 Å². The highest BCUT2D eigenvalue weighted by Gasteiger charge is 2.26. The zero-order chi connectivity index (χ0) is 12.9. The molecule has 104 valence electrons. The van der Waals surface area contributed by atoms with E-state index in [1.807, 2.05) is 0 Å². The minimum absolute atomic E-state index is 0.537. The molecule has 1 aromatic carbocycles. The number of benzene rings is 1. The van der Waals surface area contributed by atoms with Crippen molar-refractivity contribution in [1.82, 2.24) is 0 Å². The zero-order valence-corrected chi connectivity index (χ0v) is 12.6. The summed E-state index contributed by atoms with van der Waals surface area (Å²) in [6, 6.07) is 8.96. The highest BCUT2D eigenvalue weighted by molar-refractivity contribution is 7.97. The highest BCUT2D eigenvalue weighted by Crippen LogP contribution is 2.27. The van der Waals surface area contributed by atoms with Gasteiger partial charge in [-0.05, 0) is 55.9 Å². The van der Waals surface area contributed by atoms with E-state index in [1.165, 1.54) is 56.5 Å². The van der Waals surface area contributed by atoms with Gasteiger partial charge in [-0.2, -0.15) is 0 Å². The zero-order valence-electron chi connectivity index (χ0n) is 11.8. The Bertz CT molecular complexity index is 375. The second-order valence-electron chi connectivity index (χ2n) is 5.89. The normalized spacial score (nSPS) is 21.7. The van der Waals surface area contributed by atoms with Gasteiger partial charge in [0.05, 0.1) is 6.61 Å². The minimum atomic E-state index is 0.537. The van der Waals surface area contributed by atoms with Crippen LogP contribution in [0.1, 0.15) is 44.9 Å². The van der Waals surface area contributed by atoms with Gasteiger partial charge in [0, 0.05) is 10.9 Å². The lowest BCUT2D eigenvalue weighted by molar-refractivity contribution is 0.209. The fourth-order valence-electron chi connectivity index (χ4n) is 3.19. The first-order valence-corrected chi connectivity index (χ1v) is 9.38. The summed E-state index contributed by atoms with van der Waals surface area (Å²) in [5, 5.41) is 0. The van der Waals surface area contributed by atoms with Gasteiger partial charge in [0.1, 0.15) is 17.3 Å². The second-order valence-corrected chi connectivity index (χ2v) is 8.17. The fourth-order valence-corrected chi connectivity index (χ4v) is 5.49. The summed E-state index contributed by atoms with van der Waals surface area (Å²) in [7, 11) is 0.537. The van der Waals surface area contributed by atoms with Crippen molar-refractivity contribution in [3.05, 3.63) is 24.3 Å². The Balaban J connectivity index is 1.50. The minimum Gasteiger partial charge on any atom is -0.493 e. The molecule has 2 heteroatoms. The van der Waals surface area contributed by atoms with Crippen LogP contribution in [-0.2, 0) is 10.9 Å². The third-order valence-corrected chi connectivity index (χ3v) is 6.90. The van der Waals surface area contributed by atoms with Crippen molar-refractivity contribution in [2.75, 3.05) is 18.1 Å². The Kier molecular flexibility index (Phi) is 4.71. The molecular formula is C17H25OS+. The summed E-state index contributed by atoms with van der Waals surface area (Å²) in [6.45, 7) is 0.922. The van der Waals surface area contributed by atoms with Crippen LogP contribution in [0.25, 0.3) is 0 Å². The Hall–Kier alpha value is -0.630. The van der Waals surface area contributed by atoms with E-state index in [0.717, 1.165) is 18.3 Å². The number of hydrogen-bond acceptors (Lipinski definition) is 1. The summed E-state index contributed by atoms with van der Waals surface area (Å²) in [4.78, 5) is 1.54. The van der Waals surface area contributed by atoms with E-state index in [1.54, 1.807) is 4.90 Å². The molecule has 1 aliphatic carbocycles. The van der Waals surface area contributed by atoms with Crippen LogP contribution >= 0.6 is 0 Å². The molecule has 1 aliphatic heterocycles. The molecule has 0 amide bonds. The summed E-state index contributed by atoms with van der Waals surface area (Å²) >= 11 is 0. The maximum Gasteiger partial charge on any atom is 0.155 e. The SMILES string of the molecule is c1cc([S+]2CCCC2)ccc1OCC1CCCCC1. The average Bonchev–Trinajstić information content (AvgIpc) is 3.01. The van der Waals surface area contributed by atoms with Gasteiger partial charge in [-0.1, -0.05) is 19.3 Å². The van der Waals surface area contributed by atoms with Crippen molar-refractivity contribution in [3.8, 4) is 5.75 Å². The van der Waals surface area contributed by atoms with Crippen molar-refractivity contribution >= 4 is 10.9 Å². The van der Waals surface area contributed by atoms with E-state index in [4.69, 9.17) is 4.74 Å². The molecule has 1 heterocycles. The van der Waals surface area contributed by atoms with E-state index in [0.29, 0.717) is 10.9 Å².